The third-order valence-corrected chi connectivity index (χ3v) is 3.58. The molecule has 0 radical (unpaired) electrons. The molecule has 2 rings (SSSR count). The molecule has 0 saturated carbocycles. The van der Waals surface area contributed by atoms with Crippen LogP contribution in [-0.2, 0) is 20.7 Å². The maximum atomic E-state index is 11.9. The van der Waals surface area contributed by atoms with E-state index in [4.69, 9.17) is 9.47 Å². The van der Waals surface area contributed by atoms with E-state index in [1.165, 1.54) is 20.5 Å². The second-order valence-electron chi connectivity index (χ2n) is 4.94. The first-order valence-corrected chi connectivity index (χ1v) is 7.05. The van der Waals surface area contributed by atoms with Gasteiger partial charge in [0.2, 0.25) is 5.91 Å². The van der Waals surface area contributed by atoms with Crippen molar-refractivity contribution in [2.75, 3.05) is 20.8 Å². The molecule has 2 aromatic heterocycles. The van der Waals surface area contributed by atoms with Crippen LogP contribution in [0.4, 0.5) is 0 Å². The van der Waals surface area contributed by atoms with Crippen molar-refractivity contribution in [3.05, 3.63) is 23.3 Å². The number of nitrogens with one attached hydrogen (secondary N) is 1. The monoisotopic (exact) mass is 307 g/mol. The zero-order valence-corrected chi connectivity index (χ0v) is 13.3. The summed E-state index contributed by atoms with van der Waals surface area (Å²) in [6.07, 6.45) is 2.00. The maximum absolute atomic E-state index is 11.9. The van der Waals surface area contributed by atoms with Gasteiger partial charge >= 0.3 is 0 Å². The molecule has 8 heteroatoms. The number of aromatic nitrogens is 4. The number of rotatable bonds is 7. The van der Waals surface area contributed by atoms with E-state index in [2.05, 4.69) is 20.4 Å². The fourth-order valence-electron chi connectivity index (χ4n) is 2.30. The summed E-state index contributed by atoms with van der Waals surface area (Å²) in [4.78, 5) is 20.4. The van der Waals surface area contributed by atoms with Gasteiger partial charge in [0, 0.05) is 32.0 Å². The Morgan fingerprint density at radius 1 is 1.36 bits per heavy atom. The van der Waals surface area contributed by atoms with Crippen LogP contribution in [0.3, 0.4) is 0 Å². The van der Waals surface area contributed by atoms with Gasteiger partial charge < -0.3 is 14.8 Å². The summed E-state index contributed by atoms with van der Waals surface area (Å²) in [5.74, 6) is 0.516. The van der Waals surface area contributed by atoms with Crippen molar-refractivity contribution >= 4 is 11.7 Å². The summed E-state index contributed by atoms with van der Waals surface area (Å²) in [6.45, 7) is 4.19. The first-order valence-electron chi connectivity index (χ1n) is 7.05. The second kappa shape index (κ2) is 7.28. The van der Waals surface area contributed by atoms with Gasteiger partial charge in [-0.2, -0.15) is 10.1 Å². The van der Waals surface area contributed by atoms with Crippen LogP contribution in [0.15, 0.2) is 6.33 Å². The lowest BCUT2D eigenvalue weighted by Gasteiger charge is -2.14. The minimum absolute atomic E-state index is 0.0587. The molecule has 1 N–H and O–H groups in total. The van der Waals surface area contributed by atoms with E-state index in [1.807, 2.05) is 13.8 Å². The molecule has 0 aromatic carbocycles. The van der Waals surface area contributed by atoms with Crippen molar-refractivity contribution in [2.24, 2.45) is 0 Å². The average molecular weight is 307 g/mol. The molecule has 0 aliphatic carbocycles. The highest BCUT2D eigenvalue weighted by Crippen LogP contribution is 2.14. The Morgan fingerprint density at radius 3 is 2.77 bits per heavy atom. The summed E-state index contributed by atoms with van der Waals surface area (Å²) in [6, 6.07) is 0. The second-order valence-corrected chi connectivity index (χ2v) is 4.94. The van der Waals surface area contributed by atoms with Crippen LogP contribution in [0.1, 0.15) is 23.4 Å². The minimum atomic E-state index is -0.430. The topological polar surface area (TPSA) is 90.6 Å². The molecule has 8 nitrogen and oxygen atoms in total. The van der Waals surface area contributed by atoms with Gasteiger partial charge in [-0.25, -0.2) is 9.50 Å². The highest BCUT2D eigenvalue weighted by Gasteiger charge is 2.13. The number of methoxy groups -OCH3 is 2. The predicted octanol–water partition coefficient (Wildman–Crippen LogP) is 0.409. The number of ether oxygens (including phenoxy) is 2. The van der Waals surface area contributed by atoms with Gasteiger partial charge in [-0.3, -0.25) is 4.79 Å². The van der Waals surface area contributed by atoms with Gasteiger partial charge in [0.1, 0.15) is 6.33 Å². The van der Waals surface area contributed by atoms with E-state index in [9.17, 15) is 4.79 Å². The third kappa shape index (κ3) is 3.58. The Labute approximate surface area is 128 Å². The molecule has 0 aliphatic heterocycles. The van der Waals surface area contributed by atoms with Crippen molar-refractivity contribution < 1.29 is 14.3 Å². The summed E-state index contributed by atoms with van der Waals surface area (Å²) in [5, 5.41) is 6.92. The van der Waals surface area contributed by atoms with Crippen molar-refractivity contribution in [2.45, 2.75) is 33.0 Å². The predicted molar refractivity (Wildman–Crippen MR) is 79.4 cm³/mol. The van der Waals surface area contributed by atoms with Crippen LogP contribution in [0.25, 0.3) is 5.78 Å². The number of amides is 1. The summed E-state index contributed by atoms with van der Waals surface area (Å²) < 4.78 is 11.7. The van der Waals surface area contributed by atoms with Gasteiger partial charge in [-0.15, -0.1) is 0 Å². The van der Waals surface area contributed by atoms with E-state index in [0.717, 1.165) is 17.0 Å². The van der Waals surface area contributed by atoms with Crippen LogP contribution in [0, 0.1) is 13.8 Å². The van der Waals surface area contributed by atoms with Crippen molar-refractivity contribution in [1.82, 2.24) is 24.9 Å². The Balaban J connectivity index is 1.98. The summed E-state index contributed by atoms with van der Waals surface area (Å²) in [7, 11) is 3.07. The third-order valence-electron chi connectivity index (χ3n) is 3.58. The van der Waals surface area contributed by atoms with E-state index in [1.54, 1.807) is 4.52 Å². The Bertz CT molecular complexity index is 651. The molecule has 0 aliphatic rings. The molecule has 0 fully saturated rings. The fourth-order valence-corrected chi connectivity index (χ4v) is 2.30. The first kappa shape index (κ1) is 16.3. The zero-order valence-electron chi connectivity index (χ0n) is 13.3. The molecular weight excluding hydrogens is 286 g/mol. The van der Waals surface area contributed by atoms with Gasteiger partial charge in [0.25, 0.3) is 5.78 Å². The molecule has 2 heterocycles. The maximum Gasteiger partial charge on any atom is 0.252 e. The smallest absolute Gasteiger partial charge is 0.252 e. The van der Waals surface area contributed by atoms with Gasteiger partial charge in [0.15, 0.2) is 6.29 Å². The van der Waals surface area contributed by atoms with Crippen LogP contribution >= 0.6 is 0 Å². The molecule has 2 aromatic rings. The molecule has 0 bridgehead atoms. The van der Waals surface area contributed by atoms with Crippen LogP contribution in [-0.4, -0.2) is 52.5 Å². The molecule has 120 valence electrons. The Hall–Kier alpha value is -2.06. The zero-order chi connectivity index (χ0) is 16.1. The Kier molecular flexibility index (Phi) is 5.40. The van der Waals surface area contributed by atoms with E-state index in [-0.39, 0.29) is 5.91 Å². The Morgan fingerprint density at radius 2 is 2.09 bits per heavy atom. The normalized spacial score (nSPS) is 11.3. The summed E-state index contributed by atoms with van der Waals surface area (Å²) in [5.41, 5.74) is 2.85. The number of carbonyl (C=O) groups excluding carboxylic acids is 1. The molecule has 0 spiro atoms. The molecular formula is C14H21N5O3. The highest BCUT2D eigenvalue weighted by atomic mass is 16.7. The van der Waals surface area contributed by atoms with Crippen LogP contribution in [0.2, 0.25) is 0 Å². The van der Waals surface area contributed by atoms with E-state index in [0.29, 0.717) is 25.2 Å². The molecule has 22 heavy (non-hydrogen) atoms. The molecule has 0 atom stereocenters. The molecule has 0 saturated heterocycles. The number of aryl methyl sites for hydroxylation is 2. The average Bonchev–Trinajstić information content (AvgIpc) is 2.96. The number of fused-ring (bicyclic) bond motifs is 1. The quantitative estimate of drug-likeness (QED) is 0.745. The van der Waals surface area contributed by atoms with E-state index < -0.39 is 6.29 Å². The van der Waals surface area contributed by atoms with Crippen molar-refractivity contribution in [3.63, 3.8) is 0 Å². The van der Waals surface area contributed by atoms with Gasteiger partial charge in [-0.1, -0.05) is 0 Å². The fraction of sp³-hybridized carbons (Fsp3) is 0.571. The number of hydrogen-bond donors (Lipinski definition) is 1. The van der Waals surface area contributed by atoms with Gasteiger partial charge in [-0.05, 0) is 25.8 Å². The minimum Gasteiger partial charge on any atom is -0.354 e. The van der Waals surface area contributed by atoms with E-state index >= 15 is 0 Å². The first-order chi connectivity index (χ1) is 10.6. The highest BCUT2D eigenvalue weighted by molar-refractivity contribution is 5.76. The van der Waals surface area contributed by atoms with Crippen molar-refractivity contribution in [1.29, 1.82) is 0 Å². The van der Waals surface area contributed by atoms with Crippen molar-refractivity contribution in [3.8, 4) is 0 Å². The number of carbonyl (C=O) groups is 1. The molecule has 1 amide bonds. The van der Waals surface area contributed by atoms with Gasteiger partial charge in [0.05, 0.1) is 6.54 Å². The lowest BCUT2D eigenvalue weighted by Crippen LogP contribution is -2.34. The molecule has 0 unspecified atom stereocenters. The van der Waals surface area contributed by atoms with Crippen LogP contribution < -0.4 is 5.32 Å². The number of nitrogens with zero attached hydrogens (tertiary/aromatic N) is 4. The lowest BCUT2D eigenvalue weighted by atomic mass is 10.1. The SMILES string of the molecule is COC(CNC(=O)CCc1c(C)nc2ncnn2c1C)OC. The largest absolute Gasteiger partial charge is 0.354 e. The number of hydrogen-bond acceptors (Lipinski definition) is 6. The summed E-state index contributed by atoms with van der Waals surface area (Å²) >= 11 is 0. The standard InChI is InChI=1S/C14H21N5O3/c1-9-11(10(2)19-14(18-9)16-8-17-19)5-6-12(20)15-7-13(21-3)22-4/h8,13H,5-7H2,1-4H3,(H,15,20). The lowest BCUT2D eigenvalue weighted by molar-refractivity contribution is -0.127. The van der Waals surface area contributed by atoms with Crippen LogP contribution in [0.5, 0.6) is 0 Å².